The van der Waals surface area contributed by atoms with Crippen LogP contribution in [0.15, 0.2) is 40.9 Å². The largest absolute Gasteiger partial charge is 0.328 e. The van der Waals surface area contributed by atoms with Crippen LogP contribution in [0.4, 0.5) is 15.2 Å². The first-order valence-electron chi connectivity index (χ1n) is 5.41. The van der Waals surface area contributed by atoms with Gasteiger partial charge in [0, 0.05) is 4.47 Å². The lowest BCUT2D eigenvalue weighted by atomic mass is 10.3. The molecule has 0 saturated heterocycles. The first-order chi connectivity index (χ1) is 9.15. The average molecular weight is 358 g/mol. The maximum absolute atomic E-state index is 13.7. The highest BCUT2D eigenvalue weighted by Crippen LogP contribution is 2.35. The van der Waals surface area contributed by atoms with Crippen LogP contribution in [-0.2, 0) is 0 Å². The van der Waals surface area contributed by atoms with E-state index in [-0.39, 0.29) is 5.82 Å². The van der Waals surface area contributed by atoms with E-state index in [2.05, 4.69) is 26.2 Å². The molecule has 6 heteroatoms. The molecule has 0 fully saturated rings. The summed E-state index contributed by atoms with van der Waals surface area (Å²) in [5.74, 6) is -0.334. The van der Waals surface area contributed by atoms with E-state index < -0.39 is 0 Å². The molecule has 0 spiro atoms. The molecule has 1 aromatic heterocycles. The third kappa shape index (κ3) is 2.45. The molecule has 96 valence electrons. The Kier molecular flexibility index (Phi) is 3.43. The molecule has 19 heavy (non-hydrogen) atoms. The minimum atomic E-state index is -0.334. The van der Waals surface area contributed by atoms with E-state index in [9.17, 15) is 4.39 Å². The van der Waals surface area contributed by atoms with Crippen LogP contribution in [0.25, 0.3) is 10.2 Å². The lowest BCUT2D eigenvalue weighted by Gasteiger charge is -2.05. The third-order valence-corrected chi connectivity index (χ3v) is 4.67. The zero-order valence-electron chi connectivity index (χ0n) is 9.45. The molecule has 0 amide bonds. The molecule has 0 radical (unpaired) electrons. The number of thiazole rings is 1. The van der Waals surface area contributed by atoms with Gasteiger partial charge in [0.2, 0.25) is 0 Å². The number of hydrogen-bond acceptors (Lipinski definition) is 3. The average Bonchev–Trinajstić information content (AvgIpc) is 2.78. The number of rotatable bonds is 2. The molecule has 2 nitrogen and oxygen atoms in total. The van der Waals surface area contributed by atoms with E-state index in [4.69, 9.17) is 11.6 Å². The van der Waals surface area contributed by atoms with Crippen molar-refractivity contribution in [1.82, 2.24) is 4.98 Å². The molecule has 0 unspecified atom stereocenters. The summed E-state index contributed by atoms with van der Waals surface area (Å²) in [4.78, 5) is 4.39. The van der Waals surface area contributed by atoms with Crippen LogP contribution < -0.4 is 5.32 Å². The van der Waals surface area contributed by atoms with Crippen molar-refractivity contribution >= 4 is 59.9 Å². The van der Waals surface area contributed by atoms with E-state index in [1.165, 1.54) is 17.4 Å². The van der Waals surface area contributed by atoms with E-state index in [0.29, 0.717) is 20.3 Å². The zero-order chi connectivity index (χ0) is 13.4. The maximum atomic E-state index is 13.7. The molecular weight excluding hydrogens is 351 g/mol. The molecule has 0 atom stereocenters. The summed E-state index contributed by atoms with van der Waals surface area (Å²) in [6.45, 7) is 0. The van der Waals surface area contributed by atoms with Gasteiger partial charge in [-0.3, -0.25) is 0 Å². The summed E-state index contributed by atoms with van der Waals surface area (Å²) in [6.07, 6.45) is 0. The molecule has 0 aliphatic carbocycles. The Morgan fingerprint density at radius 2 is 2.00 bits per heavy atom. The van der Waals surface area contributed by atoms with Crippen LogP contribution in [0.3, 0.4) is 0 Å². The Hall–Kier alpha value is -1.17. The highest BCUT2D eigenvalue weighted by Gasteiger charge is 2.11. The first-order valence-corrected chi connectivity index (χ1v) is 7.40. The van der Waals surface area contributed by atoms with Crippen LogP contribution in [0, 0.1) is 5.82 Å². The van der Waals surface area contributed by atoms with Gasteiger partial charge in [-0.05, 0) is 40.2 Å². The van der Waals surface area contributed by atoms with Crippen LogP contribution in [-0.4, -0.2) is 4.98 Å². The Morgan fingerprint density at radius 3 is 2.74 bits per heavy atom. The van der Waals surface area contributed by atoms with Crippen LogP contribution in [0.1, 0.15) is 0 Å². The van der Waals surface area contributed by atoms with Gasteiger partial charge in [-0.15, -0.1) is 0 Å². The van der Waals surface area contributed by atoms with Crippen molar-refractivity contribution in [1.29, 1.82) is 0 Å². The fourth-order valence-corrected chi connectivity index (χ4v) is 3.29. The number of para-hydroxylation sites is 1. The molecule has 0 saturated carbocycles. The Labute approximate surface area is 126 Å². The predicted molar refractivity (Wildman–Crippen MR) is 82.0 cm³/mol. The van der Waals surface area contributed by atoms with Gasteiger partial charge in [0.05, 0.1) is 20.9 Å². The summed E-state index contributed by atoms with van der Waals surface area (Å²) < 4.78 is 15.3. The number of halogens is 3. The van der Waals surface area contributed by atoms with Crippen molar-refractivity contribution < 1.29 is 4.39 Å². The van der Waals surface area contributed by atoms with E-state index in [1.807, 2.05) is 18.2 Å². The smallest absolute Gasteiger partial charge is 0.188 e. The van der Waals surface area contributed by atoms with Crippen LogP contribution >= 0.6 is 38.9 Å². The monoisotopic (exact) mass is 356 g/mol. The summed E-state index contributed by atoms with van der Waals surface area (Å²) in [5.41, 5.74) is 1.17. The summed E-state index contributed by atoms with van der Waals surface area (Å²) in [5, 5.41) is 4.24. The molecule has 1 heterocycles. The van der Waals surface area contributed by atoms with Crippen molar-refractivity contribution in [3.05, 3.63) is 51.7 Å². The molecule has 3 aromatic rings. The number of anilines is 2. The third-order valence-electron chi connectivity index (χ3n) is 2.56. The lowest BCUT2D eigenvalue weighted by Crippen LogP contribution is -1.93. The van der Waals surface area contributed by atoms with Gasteiger partial charge in [-0.2, -0.15) is 0 Å². The second kappa shape index (κ2) is 5.07. The minimum absolute atomic E-state index is 0.334. The predicted octanol–water partition coefficient (Wildman–Crippen LogP) is 5.59. The number of aromatic nitrogens is 1. The Morgan fingerprint density at radius 1 is 1.21 bits per heavy atom. The van der Waals surface area contributed by atoms with Crippen LogP contribution in [0.2, 0.25) is 5.02 Å². The summed E-state index contributed by atoms with van der Waals surface area (Å²) in [6, 6.07) is 10.3. The SMILES string of the molecule is Fc1cccc(Br)c1Nc1nc2cccc(Cl)c2s1. The normalized spacial score (nSPS) is 10.9. The van der Waals surface area contributed by atoms with Gasteiger partial charge in [0.25, 0.3) is 0 Å². The summed E-state index contributed by atoms with van der Waals surface area (Å²) in [7, 11) is 0. The fourth-order valence-electron chi connectivity index (χ4n) is 1.69. The number of benzene rings is 2. The van der Waals surface area contributed by atoms with Gasteiger partial charge < -0.3 is 5.32 Å². The van der Waals surface area contributed by atoms with Crippen molar-refractivity contribution in [3.8, 4) is 0 Å². The van der Waals surface area contributed by atoms with E-state index >= 15 is 0 Å². The molecule has 0 aliphatic rings. The first kappa shape index (κ1) is 12.8. The van der Waals surface area contributed by atoms with Gasteiger partial charge in [0.1, 0.15) is 5.82 Å². The summed E-state index contributed by atoms with van der Waals surface area (Å²) >= 11 is 10.8. The Balaban J connectivity index is 2.04. The number of fused-ring (bicyclic) bond motifs is 1. The number of nitrogens with zero attached hydrogens (tertiary/aromatic N) is 1. The topological polar surface area (TPSA) is 24.9 Å². The minimum Gasteiger partial charge on any atom is -0.328 e. The van der Waals surface area contributed by atoms with E-state index in [0.717, 1.165) is 10.2 Å². The van der Waals surface area contributed by atoms with Gasteiger partial charge in [0.15, 0.2) is 5.13 Å². The maximum Gasteiger partial charge on any atom is 0.188 e. The second-order valence-corrected chi connectivity index (χ2v) is 6.09. The van der Waals surface area contributed by atoms with Crippen molar-refractivity contribution in [3.63, 3.8) is 0 Å². The van der Waals surface area contributed by atoms with Gasteiger partial charge in [-0.25, -0.2) is 9.37 Å². The standard InChI is InChI=1S/C13H7BrClFN2S/c14-7-3-1-5-9(16)11(7)18-13-17-10-6-2-4-8(15)12(10)19-13/h1-6H,(H,17,18). The van der Waals surface area contributed by atoms with Crippen molar-refractivity contribution in [2.24, 2.45) is 0 Å². The van der Waals surface area contributed by atoms with Gasteiger partial charge >= 0.3 is 0 Å². The Bertz CT molecular complexity index is 739. The van der Waals surface area contributed by atoms with E-state index in [1.54, 1.807) is 12.1 Å². The van der Waals surface area contributed by atoms with Crippen molar-refractivity contribution in [2.45, 2.75) is 0 Å². The zero-order valence-corrected chi connectivity index (χ0v) is 12.6. The second-order valence-electron chi connectivity index (χ2n) is 3.83. The molecule has 2 aromatic carbocycles. The highest BCUT2D eigenvalue weighted by molar-refractivity contribution is 9.10. The molecule has 0 aliphatic heterocycles. The van der Waals surface area contributed by atoms with Crippen LogP contribution in [0.5, 0.6) is 0 Å². The van der Waals surface area contributed by atoms with Gasteiger partial charge in [-0.1, -0.05) is 35.1 Å². The lowest BCUT2D eigenvalue weighted by molar-refractivity contribution is 0.631. The molecular formula is C13H7BrClFN2S. The quantitative estimate of drug-likeness (QED) is 0.646. The molecule has 0 bridgehead atoms. The number of nitrogens with one attached hydrogen (secondary N) is 1. The highest BCUT2D eigenvalue weighted by atomic mass is 79.9. The molecule has 1 N–H and O–H groups in total. The molecule has 3 rings (SSSR count). The number of hydrogen-bond donors (Lipinski definition) is 1. The fraction of sp³-hybridized carbons (Fsp3) is 0. The van der Waals surface area contributed by atoms with Crippen molar-refractivity contribution in [2.75, 3.05) is 5.32 Å².